The maximum atomic E-state index is 13.8. The Labute approximate surface area is 223 Å². The number of rotatable bonds is 10. The lowest BCUT2D eigenvalue weighted by atomic mass is 9.95. The minimum Gasteiger partial charge on any atom is -0.460 e. The molecule has 0 fully saturated rings. The Morgan fingerprint density at radius 2 is 1.79 bits per heavy atom. The van der Waals surface area contributed by atoms with Crippen molar-refractivity contribution in [3.8, 4) is 28.5 Å². The molecule has 0 aliphatic carbocycles. The first kappa shape index (κ1) is 29.0. The van der Waals surface area contributed by atoms with Crippen LogP contribution < -0.4 is 0 Å². The molecule has 0 unspecified atom stereocenters. The highest BCUT2D eigenvalue weighted by atomic mass is 19.1. The van der Waals surface area contributed by atoms with Crippen LogP contribution in [0.3, 0.4) is 0 Å². The van der Waals surface area contributed by atoms with Crippen molar-refractivity contribution in [2.45, 2.75) is 84.2 Å². The van der Waals surface area contributed by atoms with Crippen LogP contribution in [0.2, 0.25) is 0 Å². The molecule has 0 spiro atoms. The number of hydrogen-bond acceptors (Lipinski definition) is 6. The standard InChI is InChI=1S/C30H36FN3O4/c1-19(2)34-25(14-13-22(35)16-23(36)17-27(37)38-30(3,4)5)28(20-9-11-21(31)12-10-20)29(26(34)18-32)24-8-6-7-15-33-24/h6-12,15,19,22-23,35-36H,13-14,16-17H2,1-5H3/t22-,23-/m1/s1. The van der Waals surface area contributed by atoms with Gasteiger partial charge in [0.25, 0.3) is 0 Å². The van der Waals surface area contributed by atoms with Crippen molar-refractivity contribution in [3.63, 3.8) is 0 Å². The molecule has 0 bridgehead atoms. The number of carbonyl (C=O) groups excluding carboxylic acids is 1. The normalized spacial score (nSPS) is 13.3. The highest BCUT2D eigenvalue weighted by Crippen LogP contribution is 2.41. The van der Waals surface area contributed by atoms with Gasteiger partial charge in [-0.2, -0.15) is 5.26 Å². The maximum absolute atomic E-state index is 13.8. The molecular weight excluding hydrogens is 485 g/mol. The summed E-state index contributed by atoms with van der Waals surface area (Å²) in [4.78, 5) is 16.6. The number of hydrogen-bond donors (Lipinski definition) is 2. The molecule has 8 heteroatoms. The van der Waals surface area contributed by atoms with Gasteiger partial charge in [0.15, 0.2) is 0 Å². The molecule has 3 rings (SSSR count). The average Bonchev–Trinajstić information content (AvgIpc) is 3.17. The van der Waals surface area contributed by atoms with Gasteiger partial charge in [0.05, 0.1) is 24.3 Å². The van der Waals surface area contributed by atoms with E-state index in [2.05, 4.69) is 11.1 Å². The lowest BCUT2D eigenvalue weighted by Gasteiger charge is -2.22. The van der Waals surface area contributed by atoms with E-state index in [1.54, 1.807) is 45.2 Å². The Morgan fingerprint density at radius 1 is 1.11 bits per heavy atom. The van der Waals surface area contributed by atoms with E-state index in [0.717, 1.165) is 16.8 Å². The third-order valence-electron chi connectivity index (χ3n) is 6.06. The second-order valence-electron chi connectivity index (χ2n) is 10.7. The number of nitriles is 1. The summed E-state index contributed by atoms with van der Waals surface area (Å²) >= 11 is 0. The highest BCUT2D eigenvalue weighted by Gasteiger charge is 2.28. The SMILES string of the molecule is CC(C)n1c(C#N)c(-c2ccccn2)c(-c2ccc(F)cc2)c1CC[C@@H](O)C[C@@H](O)CC(=O)OC(C)(C)C. The quantitative estimate of drug-likeness (QED) is 0.337. The van der Waals surface area contributed by atoms with Gasteiger partial charge in [-0.15, -0.1) is 0 Å². The van der Waals surface area contributed by atoms with E-state index in [-0.39, 0.29) is 31.1 Å². The molecule has 2 atom stereocenters. The predicted octanol–water partition coefficient (Wildman–Crippen LogP) is 5.59. The van der Waals surface area contributed by atoms with E-state index in [4.69, 9.17) is 4.74 Å². The van der Waals surface area contributed by atoms with Crippen LogP contribution in [-0.4, -0.2) is 43.5 Å². The molecule has 38 heavy (non-hydrogen) atoms. The lowest BCUT2D eigenvalue weighted by Crippen LogP contribution is -2.28. The van der Waals surface area contributed by atoms with Crippen molar-refractivity contribution < 1.29 is 24.1 Å². The minimum atomic E-state index is -1.05. The summed E-state index contributed by atoms with van der Waals surface area (Å²) in [6.07, 6.45) is 0.175. The summed E-state index contributed by atoms with van der Waals surface area (Å²) in [5.74, 6) is -0.893. The number of aliphatic hydroxyl groups excluding tert-OH is 2. The molecule has 1 aromatic carbocycles. The molecule has 2 heterocycles. The fourth-order valence-electron chi connectivity index (χ4n) is 4.65. The van der Waals surface area contributed by atoms with Crippen LogP contribution >= 0.6 is 0 Å². The van der Waals surface area contributed by atoms with E-state index in [1.165, 1.54) is 12.1 Å². The van der Waals surface area contributed by atoms with Crippen LogP contribution in [0.25, 0.3) is 22.4 Å². The molecule has 202 valence electrons. The van der Waals surface area contributed by atoms with Gasteiger partial charge in [-0.3, -0.25) is 9.78 Å². The Bertz CT molecular complexity index is 1270. The number of pyridine rings is 1. The molecule has 2 N–H and O–H groups in total. The molecule has 0 saturated carbocycles. The van der Waals surface area contributed by atoms with Crippen molar-refractivity contribution >= 4 is 5.97 Å². The second kappa shape index (κ2) is 12.3. The van der Waals surface area contributed by atoms with Gasteiger partial charge in [0, 0.05) is 29.1 Å². The largest absolute Gasteiger partial charge is 0.460 e. The zero-order valence-corrected chi connectivity index (χ0v) is 22.6. The van der Waals surface area contributed by atoms with Gasteiger partial charge in [-0.05, 0) is 83.7 Å². The van der Waals surface area contributed by atoms with Crippen molar-refractivity contribution in [2.75, 3.05) is 0 Å². The maximum Gasteiger partial charge on any atom is 0.308 e. The molecule has 3 aromatic rings. The molecule has 2 aromatic heterocycles. The molecule has 0 radical (unpaired) electrons. The third-order valence-corrected chi connectivity index (χ3v) is 6.06. The van der Waals surface area contributed by atoms with Crippen molar-refractivity contribution in [1.29, 1.82) is 5.26 Å². The smallest absolute Gasteiger partial charge is 0.308 e. The molecule has 0 saturated heterocycles. The zero-order chi connectivity index (χ0) is 28.0. The molecule has 7 nitrogen and oxygen atoms in total. The van der Waals surface area contributed by atoms with Crippen molar-refractivity contribution in [3.05, 3.63) is 65.9 Å². The summed E-state index contributed by atoms with van der Waals surface area (Å²) in [7, 11) is 0. The minimum absolute atomic E-state index is 0.00567. The van der Waals surface area contributed by atoms with Gasteiger partial charge in [-0.25, -0.2) is 4.39 Å². The lowest BCUT2D eigenvalue weighted by molar-refractivity contribution is -0.157. The Balaban J connectivity index is 1.96. The topological polar surface area (TPSA) is 108 Å². The van der Waals surface area contributed by atoms with Crippen LogP contribution in [0.5, 0.6) is 0 Å². The van der Waals surface area contributed by atoms with Crippen LogP contribution in [0, 0.1) is 17.1 Å². The van der Waals surface area contributed by atoms with Crippen molar-refractivity contribution in [2.24, 2.45) is 0 Å². The number of aliphatic hydroxyl groups is 2. The van der Waals surface area contributed by atoms with Crippen LogP contribution in [0.4, 0.5) is 4.39 Å². The Hall–Kier alpha value is -3.54. The van der Waals surface area contributed by atoms with E-state index >= 15 is 0 Å². The summed E-state index contributed by atoms with van der Waals surface area (Å²) in [5.41, 5.74) is 3.36. The summed E-state index contributed by atoms with van der Waals surface area (Å²) in [6, 6.07) is 13.8. The number of ether oxygens (including phenoxy) is 1. The van der Waals surface area contributed by atoms with Crippen LogP contribution in [0.1, 0.15) is 71.3 Å². The van der Waals surface area contributed by atoms with E-state index < -0.39 is 23.8 Å². The molecular formula is C30H36FN3O4. The van der Waals surface area contributed by atoms with Gasteiger partial charge < -0.3 is 19.5 Å². The molecule has 0 aliphatic heterocycles. The fourth-order valence-corrected chi connectivity index (χ4v) is 4.65. The number of nitrogens with zero attached hydrogens (tertiary/aromatic N) is 3. The number of aromatic nitrogens is 2. The van der Waals surface area contributed by atoms with Crippen LogP contribution in [-0.2, 0) is 16.0 Å². The van der Waals surface area contributed by atoms with Crippen molar-refractivity contribution in [1.82, 2.24) is 9.55 Å². The fraction of sp³-hybridized carbons (Fsp3) is 0.433. The summed E-state index contributed by atoms with van der Waals surface area (Å²) in [5, 5.41) is 31.3. The number of carbonyl (C=O) groups is 1. The first-order valence-corrected chi connectivity index (χ1v) is 12.8. The Kier molecular flexibility index (Phi) is 9.42. The van der Waals surface area contributed by atoms with Gasteiger partial charge in [0.2, 0.25) is 0 Å². The zero-order valence-electron chi connectivity index (χ0n) is 22.6. The first-order valence-electron chi connectivity index (χ1n) is 12.8. The number of esters is 1. The number of benzene rings is 1. The summed E-state index contributed by atoms with van der Waals surface area (Å²) < 4.78 is 21.0. The average molecular weight is 522 g/mol. The van der Waals surface area contributed by atoms with Gasteiger partial charge in [-0.1, -0.05) is 18.2 Å². The number of halogens is 1. The second-order valence-corrected chi connectivity index (χ2v) is 10.7. The van der Waals surface area contributed by atoms with E-state index in [1.807, 2.05) is 30.5 Å². The monoisotopic (exact) mass is 521 g/mol. The van der Waals surface area contributed by atoms with E-state index in [9.17, 15) is 24.7 Å². The Morgan fingerprint density at radius 3 is 2.34 bits per heavy atom. The molecule has 0 amide bonds. The first-order chi connectivity index (χ1) is 17.9. The van der Waals surface area contributed by atoms with Crippen LogP contribution in [0.15, 0.2) is 48.7 Å². The third kappa shape index (κ3) is 7.27. The predicted molar refractivity (Wildman–Crippen MR) is 144 cm³/mol. The highest BCUT2D eigenvalue weighted by molar-refractivity contribution is 5.88. The van der Waals surface area contributed by atoms with Gasteiger partial charge in [0.1, 0.15) is 23.2 Å². The van der Waals surface area contributed by atoms with Gasteiger partial charge >= 0.3 is 5.97 Å². The summed E-state index contributed by atoms with van der Waals surface area (Å²) in [6.45, 7) is 9.21. The van der Waals surface area contributed by atoms with E-state index in [0.29, 0.717) is 23.4 Å². The molecule has 0 aliphatic rings.